The van der Waals surface area contributed by atoms with E-state index in [-0.39, 0.29) is 29.7 Å². The van der Waals surface area contributed by atoms with Crippen LogP contribution in [0.1, 0.15) is 34.9 Å². The van der Waals surface area contributed by atoms with Gasteiger partial charge in [-0.15, -0.1) is 11.3 Å². The lowest BCUT2D eigenvalue weighted by Gasteiger charge is -2.47. The van der Waals surface area contributed by atoms with Crippen LogP contribution >= 0.6 is 11.3 Å². The molecule has 0 aliphatic heterocycles. The quantitative estimate of drug-likeness (QED) is 0.332. The molecule has 3 aliphatic carbocycles. The molecule has 9 nitrogen and oxygen atoms in total. The number of aliphatic hydroxyl groups is 3. The number of phenolic OH excluding ortho intramolecular Hbond substituents is 1. The lowest BCUT2D eigenvalue weighted by molar-refractivity contribution is -0.147. The number of aromatic hydroxyl groups is 1. The molecule has 1 heterocycles. The van der Waals surface area contributed by atoms with Crippen molar-refractivity contribution in [2.75, 3.05) is 0 Å². The predicted molar refractivity (Wildman–Crippen MR) is 129 cm³/mol. The standard InChI is InChI=1S/C26H20N2O7S/c27-24(34)20-15(30)9-10-8-12-17(25-28-13-5-1-2-7-16(13)36-25)11-4-3-6-14(29)18(11)21(31)19(12)22(32)26(10,35)23(20)33/h1-7,10,12,17,29,31,33,35H,8-9H2,(H2,27,34)/t10-,12?,17-,26-/m0/s1. The van der Waals surface area contributed by atoms with Crippen LogP contribution in [0.15, 0.2) is 59.4 Å². The van der Waals surface area contributed by atoms with E-state index in [1.807, 2.05) is 24.3 Å². The highest BCUT2D eigenvalue weighted by atomic mass is 32.1. The molecule has 1 aromatic heterocycles. The molecule has 1 unspecified atom stereocenters. The monoisotopic (exact) mass is 504 g/mol. The van der Waals surface area contributed by atoms with Crippen molar-refractivity contribution in [2.45, 2.75) is 24.4 Å². The van der Waals surface area contributed by atoms with Crippen molar-refractivity contribution >= 4 is 44.8 Å². The summed E-state index contributed by atoms with van der Waals surface area (Å²) < 4.78 is 0.910. The number of fused-ring (bicyclic) bond motifs is 4. The van der Waals surface area contributed by atoms with E-state index in [1.165, 1.54) is 17.4 Å². The Balaban J connectivity index is 1.61. The number of benzene rings is 2. The number of nitrogens with zero attached hydrogens (tertiary/aromatic N) is 1. The Hall–Kier alpha value is -4.02. The molecule has 6 N–H and O–H groups in total. The molecular weight excluding hydrogens is 484 g/mol. The Bertz CT molecular complexity index is 1550. The highest BCUT2D eigenvalue weighted by Crippen LogP contribution is 2.57. The molecule has 2 aromatic carbocycles. The van der Waals surface area contributed by atoms with Crippen LogP contribution in [0.4, 0.5) is 0 Å². The number of nitrogens with two attached hydrogens (primary N) is 1. The first kappa shape index (κ1) is 22.4. The number of rotatable bonds is 2. The molecule has 0 saturated heterocycles. The minimum Gasteiger partial charge on any atom is -0.508 e. The second-order valence-corrected chi connectivity index (χ2v) is 10.4. The highest BCUT2D eigenvalue weighted by Gasteiger charge is 2.62. The van der Waals surface area contributed by atoms with Crippen LogP contribution in [0.25, 0.3) is 16.0 Å². The molecule has 1 saturated carbocycles. The largest absolute Gasteiger partial charge is 0.508 e. The van der Waals surface area contributed by atoms with Gasteiger partial charge in [0.1, 0.15) is 27.8 Å². The van der Waals surface area contributed by atoms with E-state index in [4.69, 9.17) is 10.7 Å². The smallest absolute Gasteiger partial charge is 0.255 e. The fourth-order valence-electron chi connectivity index (χ4n) is 5.93. The predicted octanol–water partition coefficient (Wildman–Crippen LogP) is 2.62. The zero-order valence-corrected chi connectivity index (χ0v) is 19.5. The lowest BCUT2D eigenvalue weighted by Crippen LogP contribution is -2.58. The molecule has 0 bridgehead atoms. The molecule has 0 spiro atoms. The summed E-state index contributed by atoms with van der Waals surface area (Å²) in [6, 6.07) is 12.2. The van der Waals surface area contributed by atoms with Gasteiger partial charge in [-0.05, 0) is 30.2 Å². The molecule has 1 fully saturated rings. The van der Waals surface area contributed by atoms with Crippen molar-refractivity contribution < 1.29 is 34.8 Å². The first-order valence-corrected chi connectivity index (χ1v) is 12.1. The fourth-order valence-corrected chi connectivity index (χ4v) is 7.08. The summed E-state index contributed by atoms with van der Waals surface area (Å²) in [5.74, 6) is -7.28. The average Bonchev–Trinajstić information content (AvgIpc) is 3.25. The maximum Gasteiger partial charge on any atom is 0.255 e. The van der Waals surface area contributed by atoms with E-state index < -0.39 is 57.9 Å². The second-order valence-electron chi connectivity index (χ2n) is 9.35. The van der Waals surface area contributed by atoms with Crippen LogP contribution in [-0.2, 0) is 14.4 Å². The number of carbonyl (C=O) groups is 3. The summed E-state index contributed by atoms with van der Waals surface area (Å²) in [5.41, 5.74) is 2.96. The van der Waals surface area contributed by atoms with Gasteiger partial charge in [-0.2, -0.15) is 0 Å². The zero-order chi connectivity index (χ0) is 25.5. The number of aromatic nitrogens is 1. The van der Waals surface area contributed by atoms with Crippen molar-refractivity contribution in [3.63, 3.8) is 0 Å². The average molecular weight is 505 g/mol. The lowest BCUT2D eigenvalue weighted by atomic mass is 9.57. The number of primary amides is 1. The SMILES string of the molecule is NC(=O)C1=C(O)[C@@]2(O)C(=O)C3=C(O)c4c(O)cccc4[C@H](c4nc5ccccc5s4)C3C[C@H]2CC1=O. The number of para-hydroxylation sites is 1. The maximum atomic E-state index is 13.9. The van der Waals surface area contributed by atoms with Gasteiger partial charge in [0.15, 0.2) is 11.4 Å². The summed E-state index contributed by atoms with van der Waals surface area (Å²) in [4.78, 5) is 43.1. The third-order valence-electron chi connectivity index (χ3n) is 7.53. The van der Waals surface area contributed by atoms with Gasteiger partial charge < -0.3 is 26.2 Å². The molecule has 36 heavy (non-hydrogen) atoms. The van der Waals surface area contributed by atoms with Crippen LogP contribution in [0, 0.1) is 11.8 Å². The normalized spacial score (nSPS) is 27.6. The molecule has 1 amide bonds. The number of hydrogen-bond donors (Lipinski definition) is 5. The summed E-state index contributed by atoms with van der Waals surface area (Å²) >= 11 is 1.41. The fraction of sp³-hybridized carbons (Fsp3) is 0.231. The van der Waals surface area contributed by atoms with Crippen LogP contribution < -0.4 is 5.73 Å². The Labute approximate surface area is 207 Å². The number of amides is 1. The molecular formula is C26H20N2O7S. The third kappa shape index (κ3) is 2.79. The van der Waals surface area contributed by atoms with Crippen LogP contribution in [0.5, 0.6) is 5.75 Å². The van der Waals surface area contributed by atoms with E-state index in [1.54, 1.807) is 12.1 Å². The number of ketones is 2. The number of aliphatic hydroxyl groups excluding tert-OH is 2. The molecule has 10 heteroatoms. The topological polar surface area (TPSA) is 171 Å². The van der Waals surface area contributed by atoms with Crippen molar-refractivity contribution in [3.8, 4) is 5.75 Å². The highest BCUT2D eigenvalue weighted by molar-refractivity contribution is 7.18. The van der Waals surface area contributed by atoms with Gasteiger partial charge in [0.05, 0.1) is 15.8 Å². The third-order valence-corrected chi connectivity index (χ3v) is 8.65. The number of Topliss-reactive ketones (excluding diaryl/α,β-unsaturated/α-hetero) is 2. The Kier molecular flexibility index (Phi) is 4.67. The van der Waals surface area contributed by atoms with Gasteiger partial charge in [-0.1, -0.05) is 24.3 Å². The molecule has 6 rings (SSSR count). The van der Waals surface area contributed by atoms with Gasteiger partial charge in [-0.3, -0.25) is 14.4 Å². The van der Waals surface area contributed by atoms with Gasteiger partial charge in [-0.25, -0.2) is 4.98 Å². The Morgan fingerprint density at radius 3 is 2.56 bits per heavy atom. The zero-order valence-electron chi connectivity index (χ0n) is 18.6. The molecule has 3 aliphatic rings. The Morgan fingerprint density at radius 2 is 1.83 bits per heavy atom. The number of thiazole rings is 1. The second kappa shape index (κ2) is 7.49. The van der Waals surface area contributed by atoms with Crippen molar-refractivity contribution in [1.82, 2.24) is 4.98 Å². The minimum absolute atomic E-state index is 0.0269. The van der Waals surface area contributed by atoms with E-state index in [0.717, 1.165) is 10.2 Å². The maximum absolute atomic E-state index is 13.9. The summed E-state index contributed by atoms with van der Waals surface area (Å²) in [7, 11) is 0. The number of phenols is 1. The molecule has 3 aromatic rings. The van der Waals surface area contributed by atoms with Crippen LogP contribution in [0.3, 0.4) is 0 Å². The molecule has 4 atom stereocenters. The van der Waals surface area contributed by atoms with Crippen LogP contribution in [-0.4, -0.2) is 48.5 Å². The number of hydrogen-bond acceptors (Lipinski definition) is 9. The first-order chi connectivity index (χ1) is 17.1. The first-order valence-electron chi connectivity index (χ1n) is 11.3. The summed E-state index contributed by atoms with van der Waals surface area (Å²) in [6.45, 7) is 0. The summed E-state index contributed by atoms with van der Waals surface area (Å²) in [6.07, 6.45) is -0.353. The minimum atomic E-state index is -2.61. The van der Waals surface area contributed by atoms with E-state index in [2.05, 4.69) is 0 Å². The van der Waals surface area contributed by atoms with Crippen LogP contribution in [0.2, 0.25) is 0 Å². The van der Waals surface area contributed by atoms with Gasteiger partial charge in [0, 0.05) is 29.7 Å². The van der Waals surface area contributed by atoms with E-state index >= 15 is 0 Å². The Morgan fingerprint density at radius 1 is 1.08 bits per heavy atom. The van der Waals surface area contributed by atoms with Crippen molar-refractivity contribution in [3.05, 3.63) is 75.5 Å². The molecule has 0 radical (unpaired) electrons. The van der Waals surface area contributed by atoms with Gasteiger partial charge in [0.25, 0.3) is 5.91 Å². The van der Waals surface area contributed by atoms with E-state index in [0.29, 0.717) is 10.6 Å². The molecule has 182 valence electrons. The van der Waals surface area contributed by atoms with Crippen molar-refractivity contribution in [1.29, 1.82) is 0 Å². The van der Waals surface area contributed by atoms with Gasteiger partial charge in [0.2, 0.25) is 5.78 Å². The van der Waals surface area contributed by atoms with Crippen molar-refractivity contribution in [2.24, 2.45) is 17.6 Å². The number of carbonyl (C=O) groups excluding carboxylic acids is 3. The van der Waals surface area contributed by atoms with Gasteiger partial charge >= 0.3 is 0 Å². The van der Waals surface area contributed by atoms with E-state index in [9.17, 15) is 34.8 Å². The summed E-state index contributed by atoms with van der Waals surface area (Å²) in [5, 5.41) is 44.8.